The van der Waals surface area contributed by atoms with E-state index in [4.69, 9.17) is 18.9 Å². The maximum absolute atomic E-state index is 13.0. The van der Waals surface area contributed by atoms with Gasteiger partial charge in [0.25, 0.3) is 0 Å². The quantitative estimate of drug-likeness (QED) is 0.0593. The molecule has 0 saturated carbocycles. The Morgan fingerprint density at radius 3 is 0.648 bits per heavy atom. The van der Waals surface area contributed by atoms with E-state index in [1.54, 1.807) is 48.5 Å². The molecule has 0 N–H and O–H groups in total. The molecule has 0 amide bonds. The monoisotopic (exact) mass is 742 g/mol. The third-order valence-electron chi connectivity index (χ3n) is 7.74. The molecule has 0 heterocycles. The van der Waals surface area contributed by atoms with Gasteiger partial charge in [-0.05, 0) is 106 Å². The molecular weight excluding hydrogens is 714 g/mol. The molecule has 0 aliphatic carbocycles. The van der Waals surface area contributed by atoms with E-state index in [2.05, 4.69) is 9.47 Å². The zero-order chi connectivity index (χ0) is 37.9. The van der Waals surface area contributed by atoms with Gasteiger partial charge in [-0.25, -0.2) is 0 Å². The van der Waals surface area contributed by atoms with E-state index in [0.717, 1.165) is 33.4 Å². The lowest BCUT2D eigenvalue weighted by molar-refractivity contribution is 0.119. The first-order chi connectivity index (χ1) is 26.2. The zero-order valence-corrected chi connectivity index (χ0v) is 28.0. The first-order valence-corrected chi connectivity index (χ1v) is 16.1. The largest absolute Gasteiger partial charge is 0.458 e. The number of hydrogen-bond acceptors (Lipinski definition) is 6. The molecule has 54 heavy (non-hydrogen) atoms. The maximum atomic E-state index is 13.0. The van der Waals surface area contributed by atoms with Crippen LogP contribution in [0.25, 0.3) is 33.4 Å². The lowest BCUT2D eigenvalue weighted by Crippen LogP contribution is -2.05. The Labute approximate surface area is 305 Å². The summed E-state index contributed by atoms with van der Waals surface area (Å²) in [5.41, 5.74) is 5.16. The smallest absolute Gasteiger partial charge is 0.344 e. The van der Waals surface area contributed by atoms with Crippen LogP contribution in [0.1, 0.15) is 0 Å². The molecule has 0 fully saturated rings. The summed E-state index contributed by atoms with van der Waals surface area (Å²) in [7, 11) is 0. The summed E-state index contributed by atoms with van der Waals surface area (Å²) in [6.45, 7) is -0.0439. The van der Waals surface area contributed by atoms with Gasteiger partial charge in [0.05, 0.1) is 0 Å². The Morgan fingerprint density at radius 2 is 0.463 bits per heavy atom. The van der Waals surface area contributed by atoms with E-state index in [-0.39, 0.29) is 25.1 Å². The summed E-state index contributed by atoms with van der Waals surface area (Å²) in [6.07, 6.45) is -5.04. The Bertz CT molecular complexity index is 2020. The molecule has 0 aliphatic rings. The third kappa shape index (κ3) is 10.2. The fourth-order valence-electron chi connectivity index (χ4n) is 5.02. The van der Waals surface area contributed by atoms with Gasteiger partial charge < -0.3 is 28.4 Å². The molecule has 6 rings (SSSR count). The second-order valence-corrected chi connectivity index (χ2v) is 11.2. The number of ether oxygens (including phenoxy) is 6. The maximum Gasteiger partial charge on any atom is 0.344 e. The van der Waals surface area contributed by atoms with Crippen molar-refractivity contribution in [1.82, 2.24) is 0 Å². The van der Waals surface area contributed by atoms with Gasteiger partial charge in [0.1, 0.15) is 34.5 Å². The first kappa shape index (κ1) is 37.0. The van der Waals surface area contributed by atoms with Crippen molar-refractivity contribution in [3.05, 3.63) is 170 Å². The average molecular weight is 743 g/mol. The van der Waals surface area contributed by atoms with Gasteiger partial charge in [-0.2, -0.15) is 26.3 Å². The van der Waals surface area contributed by atoms with Gasteiger partial charge in [-0.1, -0.05) is 72.8 Å². The molecule has 0 radical (unpaired) electrons. The Balaban J connectivity index is 0.918. The normalized spacial score (nSPS) is 10.6. The molecule has 0 spiro atoms. The minimum absolute atomic E-state index is 0.0220. The molecule has 6 nitrogen and oxygen atoms in total. The van der Waals surface area contributed by atoms with Crippen LogP contribution in [-0.2, 0) is 0 Å². The van der Waals surface area contributed by atoms with E-state index in [0.29, 0.717) is 23.0 Å². The van der Waals surface area contributed by atoms with Crippen molar-refractivity contribution >= 4 is 0 Å². The molecule has 6 aromatic carbocycles. The van der Waals surface area contributed by atoms with Gasteiger partial charge in [0, 0.05) is 0 Å². The van der Waals surface area contributed by atoms with Crippen LogP contribution in [0.15, 0.2) is 170 Å². The van der Waals surface area contributed by atoms with Crippen molar-refractivity contribution in [1.29, 1.82) is 0 Å². The van der Waals surface area contributed by atoms with Crippen LogP contribution >= 0.6 is 0 Å². The minimum atomic E-state index is -2.52. The van der Waals surface area contributed by atoms with E-state index in [1.165, 1.54) is 24.3 Å². The van der Waals surface area contributed by atoms with Gasteiger partial charge >= 0.3 is 24.2 Å². The zero-order valence-electron chi connectivity index (χ0n) is 28.0. The topological polar surface area (TPSA) is 55.4 Å². The standard InChI is InChI=1S/C42H28F6O6/c43-39(44)41(47)53-37-21-9-31(10-22-37)29-5-17-35(18-6-29)51-25-49-33-13-1-27(2-14-33)28-3-15-34(16-4-28)50-26-52-36-19-7-30(8-20-36)32-11-23-38(24-12-32)54-42(48)40(45)46/h1-24H,25-26H2. The van der Waals surface area contributed by atoms with Crippen LogP contribution < -0.4 is 28.4 Å². The average Bonchev–Trinajstić information content (AvgIpc) is 3.19. The lowest BCUT2D eigenvalue weighted by Gasteiger charge is -2.11. The summed E-state index contributed by atoms with van der Waals surface area (Å²) in [5, 5.41) is 0. The van der Waals surface area contributed by atoms with E-state index >= 15 is 0 Å². The number of hydrogen-bond donors (Lipinski definition) is 0. The van der Waals surface area contributed by atoms with Crippen molar-refractivity contribution < 1.29 is 54.8 Å². The summed E-state index contributed by atoms with van der Waals surface area (Å²) in [4.78, 5) is 0. The predicted molar refractivity (Wildman–Crippen MR) is 190 cm³/mol. The lowest BCUT2D eigenvalue weighted by atomic mass is 10.1. The van der Waals surface area contributed by atoms with Crippen LogP contribution in [0, 0.1) is 0 Å². The van der Waals surface area contributed by atoms with E-state index in [9.17, 15) is 26.3 Å². The van der Waals surface area contributed by atoms with Crippen molar-refractivity contribution in [3.63, 3.8) is 0 Å². The van der Waals surface area contributed by atoms with Crippen molar-refractivity contribution in [2.45, 2.75) is 0 Å². The van der Waals surface area contributed by atoms with Crippen molar-refractivity contribution in [3.8, 4) is 67.9 Å². The molecule has 274 valence electrons. The third-order valence-corrected chi connectivity index (χ3v) is 7.74. The van der Waals surface area contributed by atoms with Gasteiger partial charge in [0.2, 0.25) is 13.6 Å². The highest BCUT2D eigenvalue weighted by Gasteiger charge is 2.10. The SMILES string of the molecule is FC(F)=C(F)Oc1ccc(-c2ccc(OCOc3ccc(-c4ccc(OCOc5ccc(-c6ccc(OC(F)=C(F)F)cc6)cc5)cc4)cc3)cc2)cc1. The number of rotatable bonds is 15. The Morgan fingerprint density at radius 1 is 0.278 bits per heavy atom. The van der Waals surface area contributed by atoms with Crippen LogP contribution in [0.3, 0.4) is 0 Å². The second-order valence-electron chi connectivity index (χ2n) is 11.2. The van der Waals surface area contributed by atoms with Crippen LogP contribution in [-0.4, -0.2) is 13.6 Å². The van der Waals surface area contributed by atoms with Crippen LogP contribution in [0.2, 0.25) is 0 Å². The van der Waals surface area contributed by atoms with Crippen molar-refractivity contribution in [2.75, 3.05) is 13.6 Å². The molecule has 0 unspecified atom stereocenters. The molecule has 0 aliphatic heterocycles. The highest BCUT2D eigenvalue weighted by atomic mass is 19.3. The van der Waals surface area contributed by atoms with E-state index < -0.39 is 24.2 Å². The van der Waals surface area contributed by atoms with Crippen LogP contribution in [0.5, 0.6) is 34.5 Å². The fraction of sp³-hybridized carbons (Fsp3) is 0.0476. The van der Waals surface area contributed by atoms with Gasteiger partial charge in [0.15, 0.2) is 0 Å². The molecule has 0 saturated heterocycles. The Hall–Kier alpha value is -6.82. The van der Waals surface area contributed by atoms with Gasteiger partial charge in [-0.15, -0.1) is 0 Å². The summed E-state index contributed by atoms with van der Waals surface area (Å²) < 4.78 is 107. The number of halogens is 6. The second kappa shape index (κ2) is 17.6. The molecule has 6 aromatic rings. The summed E-state index contributed by atoms with van der Waals surface area (Å²) in [6, 6.07) is 37.6. The molecule has 0 bridgehead atoms. The minimum Gasteiger partial charge on any atom is -0.458 e. The molecule has 0 aromatic heterocycles. The Kier molecular flexibility index (Phi) is 12.0. The molecule has 0 atom stereocenters. The molecular formula is C42H28F6O6. The highest BCUT2D eigenvalue weighted by molar-refractivity contribution is 5.67. The summed E-state index contributed by atoms with van der Waals surface area (Å²) >= 11 is 0. The number of benzene rings is 6. The van der Waals surface area contributed by atoms with Crippen LogP contribution in [0.4, 0.5) is 26.3 Å². The summed E-state index contributed by atoms with van der Waals surface area (Å²) in [5.74, 6) is 2.30. The molecule has 12 heteroatoms. The first-order valence-electron chi connectivity index (χ1n) is 16.1. The van der Waals surface area contributed by atoms with Gasteiger partial charge in [-0.3, -0.25) is 0 Å². The van der Waals surface area contributed by atoms with E-state index in [1.807, 2.05) is 72.8 Å². The predicted octanol–water partition coefficient (Wildman–Crippen LogP) is 12.3. The fourth-order valence-corrected chi connectivity index (χ4v) is 5.02. The highest BCUT2D eigenvalue weighted by Crippen LogP contribution is 2.29. The van der Waals surface area contributed by atoms with Crippen molar-refractivity contribution in [2.24, 2.45) is 0 Å².